The number of aliphatic hydroxyl groups excluding tert-OH is 1. The number of benzene rings is 2. The lowest BCUT2D eigenvalue weighted by atomic mass is 9.94. The molecule has 0 spiro atoms. The Morgan fingerprint density at radius 1 is 0.974 bits per heavy atom. The average Bonchev–Trinajstić information content (AvgIpc) is 3.50. The summed E-state index contributed by atoms with van der Waals surface area (Å²) in [5.41, 5.74) is 2.34. The quantitative estimate of drug-likeness (QED) is 0.264. The van der Waals surface area contributed by atoms with E-state index >= 15 is 0 Å². The summed E-state index contributed by atoms with van der Waals surface area (Å²) in [6, 6.07) is 20.9. The molecule has 0 saturated carbocycles. The van der Waals surface area contributed by atoms with Gasteiger partial charge < -0.3 is 23.9 Å². The van der Waals surface area contributed by atoms with E-state index in [0.717, 1.165) is 11.1 Å². The van der Waals surface area contributed by atoms with E-state index in [-0.39, 0.29) is 17.9 Å². The number of aromatic nitrogens is 1. The summed E-state index contributed by atoms with van der Waals surface area (Å²) in [6.45, 7) is 4.47. The summed E-state index contributed by atoms with van der Waals surface area (Å²) in [6.07, 6.45) is 3.25. The van der Waals surface area contributed by atoms with Gasteiger partial charge in [0.2, 0.25) is 5.78 Å². The van der Waals surface area contributed by atoms with Crippen molar-refractivity contribution in [3.05, 3.63) is 125 Å². The molecule has 2 aromatic carbocycles. The summed E-state index contributed by atoms with van der Waals surface area (Å²) >= 11 is 0. The van der Waals surface area contributed by atoms with E-state index in [1.54, 1.807) is 55.7 Å². The Balaban J connectivity index is 1.54. The van der Waals surface area contributed by atoms with Gasteiger partial charge in [0, 0.05) is 18.9 Å². The molecule has 39 heavy (non-hydrogen) atoms. The molecule has 0 saturated heterocycles. The van der Waals surface area contributed by atoms with Crippen molar-refractivity contribution < 1.29 is 28.6 Å². The van der Waals surface area contributed by atoms with Crippen LogP contribution in [0.2, 0.25) is 0 Å². The Morgan fingerprint density at radius 2 is 1.74 bits per heavy atom. The highest BCUT2D eigenvalue weighted by Gasteiger charge is 2.44. The molecule has 4 aromatic rings. The van der Waals surface area contributed by atoms with Gasteiger partial charge in [-0.1, -0.05) is 36.4 Å². The first-order valence-corrected chi connectivity index (χ1v) is 12.6. The van der Waals surface area contributed by atoms with Crippen molar-refractivity contribution in [1.29, 1.82) is 0 Å². The molecule has 1 aliphatic heterocycles. The number of ether oxygens (including phenoxy) is 2. The third-order valence-corrected chi connectivity index (χ3v) is 6.44. The smallest absolute Gasteiger partial charge is 0.290 e. The maximum Gasteiger partial charge on any atom is 0.290 e. The normalized spacial score (nSPS) is 15.1. The van der Waals surface area contributed by atoms with E-state index in [1.807, 2.05) is 37.3 Å². The standard InChI is InChI=1S/C31H28N2O6/c1-3-37-26-17-23(10-12-24(26)38-19-22-7-5-4-6-8-22)28-27(29(34)25-11-9-20(2)39-25)30(35)31(36)33(28)18-21-13-15-32-16-14-21/h4-17,28,35H,3,18-19H2,1-2H3. The number of aliphatic hydroxyl groups is 1. The minimum atomic E-state index is -0.883. The number of nitrogens with zero attached hydrogens (tertiary/aromatic N) is 2. The number of carbonyl (C=O) groups excluding carboxylic acids is 2. The summed E-state index contributed by atoms with van der Waals surface area (Å²) < 4.78 is 17.5. The second-order valence-corrected chi connectivity index (χ2v) is 9.11. The molecule has 3 heterocycles. The van der Waals surface area contributed by atoms with Gasteiger partial charge in [0.15, 0.2) is 23.0 Å². The van der Waals surface area contributed by atoms with Crippen LogP contribution in [0.3, 0.4) is 0 Å². The van der Waals surface area contributed by atoms with E-state index in [0.29, 0.717) is 36.0 Å². The van der Waals surface area contributed by atoms with Crippen LogP contribution in [0.15, 0.2) is 101 Å². The Kier molecular flexibility index (Phi) is 7.45. The molecule has 1 unspecified atom stereocenters. The van der Waals surface area contributed by atoms with Crippen molar-refractivity contribution in [3.63, 3.8) is 0 Å². The molecule has 1 aliphatic rings. The summed E-state index contributed by atoms with van der Waals surface area (Å²) in [7, 11) is 0. The predicted octanol–water partition coefficient (Wildman–Crippen LogP) is 5.74. The molecule has 1 amide bonds. The second-order valence-electron chi connectivity index (χ2n) is 9.11. The van der Waals surface area contributed by atoms with E-state index < -0.39 is 23.5 Å². The van der Waals surface area contributed by atoms with Crippen LogP contribution in [-0.2, 0) is 17.9 Å². The van der Waals surface area contributed by atoms with Crippen LogP contribution in [-0.4, -0.2) is 33.3 Å². The lowest BCUT2D eigenvalue weighted by molar-refractivity contribution is -0.130. The Morgan fingerprint density at radius 3 is 2.44 bits per heavy atom. The predicted molar refractivity (Wildman–Crippen MR) is 143 cm³/mol. The number of hydrogen-bond donors (Lipinski definition) is 1. The molecule has 0 radical (unpaired) electrons. The molecule has 0 bridgehead atoms. The zero-order valence-corrected chi connectivity index (χ0v) is 21.7. The lowest BCUT2D eigenvalue weighted by Crippen LogP contribution is -2.30. The SMILES string of the molecule is CCOc1cc(C2C(C(=O)c3ccc(C)o3)=C(O)C(=O)N2Cc2ccncc2)ccc1OCc1ccccc1. The van der Waals surface area contributed by atoms with Crippen LogP contribution in [0, 0.1) is 6.92 Å². The summed E-state index contributed by atoms with van der Waals surface area (Å²) in [4.78, 5) is 32.4. The zero-order chi connectivity index (χ0) is 27.4. The van der Waals surface area contributed by atoms with Crippen LogP contribution < -0.4 is 9.47 Å². The number of carbonyl (C=O) groups is 2. The fraction of sp³-hybridized carbons (Fsp3) is 0.194. The van der Waals surface area contributed by atoms with Crippen LogP contribution in [0.1, 0.15) is 46.0 Å². The van der Waals surface area contributed by atoms with E-state index in [4.69, 9.17) is 13.9 Å². The number of furan rings is 1. The molecule has 5 rings (SSSR count). The number of Topliss-reactive ketones (excluding diaryl/α,β-unsaturated/α-hetero) is 1. The van der Waals surface area contributed by atoms with E-state index in [9.17, 15) is 14.7 Å². The fourth-order valence-corrected chi connectivity index (χ4v) is 4.59. The van der Waals surface area contributed by atoms with Gasteiger partial charge in [-0.3, -0.25) is 14.6 Å². The fourth-order valence-electron chi connectivity index (χ4n) is 4.59. The number of pyridine rings is 1. The number of amides is 1. The maximum absolute atomic E-state index is 13.6. The molecule has 8 nitrogen and oxygen atoms in total. The van der Waals surface area contributed by atoms with Crippen molar-refractivity contribution >= 4 is 11.7 Å². The topological polar surface area (TPSA) is 102 Å². The lowest BCUT2D eigenvalue weighted by Gasteiger charge is -2.27. The second kappa shape index (κ2) is 11.3. The first-order chi connectivity index (χ1) is 19.0. The van der Waals surface area contributed by atoms with Crippen LogP contribution in [0.4, 0.5) is 0 Å². The van der Waals surface area contributed by atoms with Crippen LogP contribution in [0.5, 0.6) is 11.5 Å². The van der Waals surface area contributed by atoms with Gasteiger partial charge in [-0.25, -0.2) is 0 Å². The number of aryl methyl sites for hydroxylation is 1. The average molecular weight is 525 g/mol. The highest BCUT2D eigenvalue weighted by atomic mass is 16.5. The Hall–Kier alpha value is -4.85. The summed E-state index contributed by atoms with van der Waals surface area (Å²) in [5.74, 6) is -0.219. The van der Waals surface area contributed by atoms with Gasteiger partial charge >= 0.3 is 0 Å². The molecular weight excluding hydrogens is 496 g/mol. The minimum absolute atomic E-state index is 0.0467. The van der Waals surface area contributed by atoms with Crippen molar-refractivity contribution in [2.75, 3.05) is 6.61 Å². The van der Waals surface area contributed by atoms with Gasteiger partial charge in [0.25, 0.3) is 5.91 Å². The van der Waals surface area contributed by atoms with E-state index in [1.165, 1.54) is 11.0 Å². The number of ketones is 1. The third kappa shape index (κ3) is 5.40. The Bertz CT molecular complexity index is 1510. The molecular formula is C31H28N2O6. The zero-order valence-electron chi connectivity index (χ0n) is 21.7. The van der Waals surface area contributed by atoms with Crippen LogP contribution in [0.25, 0.3) is 0 Å². The molecule has 8 heteroatoms. The molecule has 0 aliphatic carbocycles. The number of hydrogen-bond acceptors (Lipinski definition) is 7. The minimum Gasteiger partial charge on any atom is -0.503 e. The van der Waals surface area contributed by atoms with Crippen molar-refractivity contribution in [2.45, 2.75) is 33.0 Å². The molecule has 2 aromatic heterocycles. The first kappa shape index (κ1) is 25.8. The highest BCUT2D eigenvalue weighted by molar-refractivity contribution is 6.15. The number of rotatable bonds is 10. The molecule has 0 fully saturated rings. The molecule has 1 atom stereocenters. The van der Waals surface area contributed by atoms with Gasteiger partial charge in [0.1, 0.15) is 12.4 Å². The largest absolute Gasteiger partial charge is 0.503 e. The molecule has 198 valence electrons. The first-order valence-electron chi connectivity index (χ1n) is 12.6. The van der Waals surface area contributed by atoms with Gasteiger partial charge in [-0.15, -0.1) is 0 Å². The van der Waals surface area contributed by atoms with Crippen molar-refractivity contribution in [1.82, 2.24) is 9.88 Å². The highest BCUT2D eigenvalue weighted by Crippen LogP contribution is 2.42. The Labute approximate surface area is 226 Å². The molecule has 1 N–H and O–H groups in total. The van der Waals surface area contributed by atoms with Gasteiger partial charge in [-0.05, 0) is 66.9 Å². The third-order valence-electron chi connectivity index (χ3n) is 6.44. The monoisotopic (exact) mass is 524 g/mol. The maximum atomic E-state index is 13.6. The van der Waals surface area contributed by atoms with Gasteiger partial charge in [-0.2, -0.15) is 0 Å². The van der Waals surface area contributed by atoms with Gasteiger partial charge in [0.05, 0.1) is 18.2 Å². The summed E-state index contributed by atoms with van der Waals surface area (Å²) in [5, 5.41) is 11.0. The van der Waals surface area contributed by atoms with E-state index in [2.05, 4.69) is 4.98 Å². The van der Waals surface area contributed by atoms with Crippen LogP contribution >= 0.6 is 0 Å². The van der Waals surface area contributed by atoms with Crippen molar-refractivity contribution in [3.8, 4) is 11.5 Å². The van der Waals surface area contributed by atoms with Crippen molar-refractivity contribution in [2.24, 2.45) is 0 Å².